The number of aryl methyl sites for hydroxylation is 1. The molecular weight excluding hydrogens is 310 g/mol. The maximum atomic E-state index is 11.7. The number of piperidine rings is 1. The van der Waals surface area contributed by atoms with Gasteiger partial charge in [-0.2, -0.15) is 0 Å². The van der Waals surface area contributed by atoms with Crippen molar-refractivity contribution in [3.63, 3.8) is 0 Å². The van der Waals surface area contributed by atoms with E-state index in [0.717, 1.165) is 50.4 Å². The van der Waals surface area contributed by atoms with Gasteiger partial charge in [-0.3, -0.25) is 9.69 Å². The van der Waals surface area contributed by atoms with Crippen molar-refractivity contribution in [2.24, 2.45) is 0 Å². The Bertz CT molecular complexity index is 574. The molecule has 0 saturated carbocycles. The Balaban J connectivity index is 1.51. The molecule has 3 heterocycles. The van der Waals surface area contributed by atoms with E-state index in [1.54, 1.807) is 19.0 Å². The standard InChI is InChI=1S/C17H27N3O4/c1-13-7-14(18-24-13)9-20-6-4-5-17(12-20)8-15(10-23-17)22-11-16(21)19(2)3/h7,15H,4-6,8-12H2,1-3H3/t15-,17+/m1/s1. The van der Waals surface area contributed by atoms with Gasteiger partial charge >= 0.3 is 0 Å². The summed E-state index contributed by atoms with van der Waals surface area (Å²) >= 11 is 0. The highest BCUT2D eigenvalue weighted by atomic mass is 16.6. The highest BCUT2D eigenvalue weighted by molar-refractivity contribution is 5.76. The molecule has 2 saturated heterocycles. The predicted octanol–water partition coefficient (Wildman–Crippen LogP) is 1.21. The van der Waals surface area contributed by atoms with E-state index in [2.05, 4.69) is 10.1 Å². The molecule has 0 N–H and O–H groups in total. The van der Waals surface area contributed by atoms with E-state index in [9.17, 15) is 4.79 Å². The third-order valence-electron chi connectivity index (χ3n) is 4.80. The second-order valence-corrected chi connectivity index (χ2v) is 7.16. The van der Waals surface area contributed by atoms with Crippen molar-refractivity contribution in [3.8, 4) is 0 Å². The first-order chi connectivity index (χ1) is 11.5. The molecule has 7 heteroatoms. The lowest BCUT2D eigenvalue weighted by molar-refractivity contribution is -0.135. The highest BCUT2D eigenvalue weighted by Gasteiger charge is 2.44. The Kier molecular flexibility index (Phi) is 5.22. The summed E-state index contributed by atoms with van der Waals surface area (Å²) in [5, 5.41) is 4.08. The van der Waals surface area contributed by atoms with Crippen LogP contribution in [0.5, 0.6) is 0 Å². The average Bonchev–Trinajstić information content (AvgIpc) is 3.11. The highest BCUT2D eigenvalue weighted by Crippen LogP contribution is 2.36. The molecule has 1 amide bonds. The van der Waals surface area contributed by atoms with E-state index in [1.165, 1.54) is 0 Å². The van der Waals surface area contributed by atoms with Crippen molar-refractivity contribution in [2.45, 2.75) is 44.4 Å². The van der Waals surface area contributed by atoms with Crippen LogP contribution in [0.2, 0.25) is 0 Å². The molecule has 0 aromatic carbocycles. The summed E-state index contributed by atoms with van der Waals surface area (Å²) in [6, 6.07) is 1.98. The van der Waals surface area contributed by atoms with Crippen molar-refractivity contribution < 1.29 is 18.8 Å². The normalized spacial score (nSPS) is 27.7. The number of likely N-dealkylation sites (N-methyl/N-ethyl adjacent to an activating group) is 1. The van der Waals surface area contributed by atoms with E-state index in [4.69, 9.17) is 14.0 Å². The van der Waals surface area contributed by atoms with Crippen LogP contribution in [0, 0.1) is 6.92 Å². The van der Waals surface area contributed by atoms with Crippen LogP contribution in [0.15, 0.2) is 10.6 Å². The molecule has 24 heavy (non-hydrogen) atoms. The molecule has 7 nitrogen and oxygen atoms in total. The minimum atomic E-state index is -0.150. The summed E-state index contributed by atoms with van der Waals surface area (Å²) in [6.45, 7) is 5.30. The van der Waals surface area contributed by atoms with Crippen molar-refractivity contribution in [3.05, 3.63) is 17.5 Å². The van der Waals surface area contributed by atoms with E-state index in [0.29, 0.717) is 6.61 Å². The first kappa shape index (κ1) is 17.4. The number of likely N-dealkylation sites (tertiary alicyclic amines) is 1. The molecule has 3 rings (SSSR count). The topological polar surface area (TPSA) is 68.0 Å². The third kappa shape index (κ3) is 4.15. The van der Waals surface area contributed by atoms with Gasteiger partial charge in [0.15, 0.2) is 0 Å². The molecule has 2 atom stereocenters. The molecule has 2 fully saturated rings. The largest absolute Gasteiger partial charge is 0.371 e. The molecule has 134 valence electrons. The summed E-state index contributed by atoms with van der Waals surface area (Å²) < 4.78 is 17.0. The van der Waals surface area contributed by atoms with Gasteiger partial charge in [-0.25, -0.2) is 0 Å². The van der Waals surface area contributed by atoms with Gasteiger partial charge in [0.1, 0.15) is 12.4 Å². The van der Waals surface area contributed by atoms with Crippen LogP contribution in [0.25, 0.3) is 0 Å². The number of rotatable bonds is 5. The Morgan fingerprint density at radius 2 is 2.38 bits per heavy atom. The number of amides is 1. The minimum absolute atomic E-state index is 0.00291. The van der Waals surface area contributed by atoms with Crippen LogP contribution in [0.1, 0.15) is 30.7 Å². The van der Waals surface area contributed by atoms with Gasteiger partial charge in [0.25, 0.3) is 0 Å². The van der Waals surface area contributed by atoms with E-state index >= 15 is 0 Å². The number of nitrogens with zero attached hydrogens (tertiary/aromatic N) is 3. The van der Waals surface area contributed by atoms with Gasteiger partial charge in [-0.15, -0.1) is 0 Å². The number of ether oxygens (including phenoxy) is 2. The maximum Gasteiger partial charge on any atom is 0.248 e. The lowest BCUT2D eigenvalue weighted by atomic mass is 9.89. The molecule has 1 aromatic rings. The fourth-order valence-electron chi connectivity index (χ4n) is 3.56. The molecule has 2 aliphatic rings. The smallest absolute Gasteiger partial charge is 0.248 e. The maximum absolute atomic E-state index is 11.7. The first-order valence-corrected chi connectivity index (χ1v) is 8.56. The summed E-state index contributed by atoms with van der Waals surface area (Å²) in [6.07, 6.45) is 2.99. The molecular formula is C17H27N3O4. The third-order valence-corrected chi connectivity index (χ3v) is 4.80. The molecule has 0 unspecified atom stereocenters. The van der Waals surface area contributed by atoms with Crippen LogP contribution >= 0.6 is 0 Å². The molecule has 0 radical (unpaired) electrons. The first-order valence-electron chi connectivity index (χ1n) is 8.56. The fourth-order valence-corrected chi connectivity index (χ4v) is 3.56. The van der Waals surface area contributed by atoms with Gasteiger partial charge in [-0.1, -0.05) is 5.16 Å². The summed E-state index contributed by atoms with van der Waals surface area (Å²) in [7, 11) is 3.48. The fraction of sp³-hybridized carbons (Fsp3) is 0.765. The van der Waals surface area contributed by atoms with Gasteiger partial charge in [0.2, 0.25) is 5.91 Å². The number of carbonyl (C=O) groups excluding carboxylic acids is 1. The monoisotopic (exact) mass is 337 g/mol. The molecule has 2 aliphatic heterocycles. The SMILES string of the molecule is Cc1cc(CN2CCC[C@]3(C[C@@H](OCC(=O)N(C)C)CO3)C2)no1. The van der Waals surface area contributed by atoms with E-state index in [-0.39, 0.29) is 24.2 Å². The van der Waals surface area contributed by atoms with Crippen LogP contribution in [-0.2, 0) is 20.8 Å². The zero-order valence-electron chi connectivity index (χ0n) is 14.8. The number of aromatic nitrogens is 1. The zero-order valence-corrected chi connectivity index (χ0v) is 14.8. The van der Waals surface area contributed by atoms with E-state index < -0.39 is 0 Å². The summed E-state index contributed by atoms with van der Waals surface area (Å²) in [5.74, 6) is 0.829. The molecule has 0 aliphatic carbocycles. The van der Waals surface area contributed by atoms with E-state index in [1.807, 2.05) is 13.0 Å². The molecule has 1 aromatic heterocycles. The second kappa shape index (κ2) is 7.21. The Labute approximate surface area is 142 Å². The van der Waals surface area contributed by atoms with Gasteiger partial charge < -0.3 is 18.9 Å². The lowest BCUT2D eigenvalue weighted by Gasteiger charge is -2.39. The lowest BCUT2D eigenvalue weighted by Crippen LogP contribution is -2.47. The predicted molar refractivity (Wildman–Crippen MR) is 87.5 cm³/mol. The quantitative estimate of drug-likeness (QED) is 0.804. The second-order valence-electron chi connectivity index (χ2n) is 7.16. The number of hydrogen-bond acceptors (Lipinski definition) is 6. The Morgan fingerprint density at radius 1 is 1.54 bits per heavy atom. The van der Waals surface area contributed by atoms with Crippen LogP contribution in [-0.4, -0.2) is 73.0 Å². The van der Waals surface area contributed by atoms with Gasteiger partial charge in [0, 0.05) is 39.7 Å². The minimum Gasteiger partial charge on any atom is -0.371 e. The van der Waals surface area contributed by atoms with Crippen LogP contribution < -0.4 is 0 Å². The van der Waals surface area contributed by atoms with Crippen molar-refractivity contribution in [1.29, 1.82) is 0 Å². The average molecular weight is 337 g/mol. The Morgan fingerprint density at radius 3 is 3.08 bits per heavy atom. The van der Waals surface area contributed by atoms with Crippen molar-refractivity contribution >= 4 is 5.91 Å². The van der Waals surface area contributed by atoms with Crippen LogP contribution in [0.3, 0.4) is 0 Å². The zero-order chi connectivity index (χ0) is 17.2. The van der Waals surface area contributed by atoms with Crippen molar-refractivity contribution in [1.82, 2.24) is 15.0 Å². The number of carbonyl (C=O) groups is 1. The summed E-state index contributed by atoms with van der Waals surface area (Å²) in [4.78, 5) is 15.6. The molecule has 0 bridgehead atoms. The number of hydrogen-bond donors (Lipinski definition) is 0. The summed E-state index contributed by atoms with van der Waals surface area (Å²) in [5.41, 5.74) is 0.815. The Hall–Kier alpha value is -1.44. The van der Waals surface area contributed by atoms with Gasteiger partial charge in [-0.05, 0) is 26.3 Å². The van der Waals surface area contributed by atoms with Gasteiger partial charge in [0.05, 0.1) is 24.0 Å². The molecule has 1 spiro atoms. The van der Waals surface area contributed by atoms with Crippen LogP contribution in [0.4, 0.5) is 0 Å². The van der Waals surface area contributed by atoms with Crippen molar-refractivity contribution in [2.75, 3.05) is 40.4 Å².